The van der Waals surface area contributed by atoms with Gasteiger partial charge >= 0.3 is 0 Å². The van der Waals surface area contributed by atoms with Gasteiger partial charge in [0.25, 0.3) is 5.91 Å². The molecule has 2 rings (SSSR count). The van der Waals surface area contributed by atoms with Crippen LogP contribution in [0.4, 0.5) is 0 Å². The average molecular weight is 332 g/mol. The number of hydrogen-bond donors (Lipinski definition) is 2. The summed E-state index contributed by atoms with van der Waals surface area (Å²) in [6, 6.07) is 5.99. The molecule has 1 aromatic carbocycles. The van der Waals surface area contributed by atoms with Gasteiger partial charge in [0.05, 0.1) is 10.6 Å². The standard InChI is InChI=1S/C13H16BrClN2O/c14-9-2-5-11(12(15)8-9)13(18)17-7-1-6-16-10-3-4-10/h2,5,8,10,16H,1,3-4,6-7H2,(H,17,18). The molecule has 0 atom stereocenters. The summed E-state index contributed by atoms with van der Waals surface area (Å²) in [5.41, 5.74) is 0.523. The van der Waals surface area contributed by atoms with Crippen molar-refractivity contribution in [3.63, 3.8) is 0 Å². The van der Waals surface area contributed by atoms with E-state index >= 15 is 0 Å². The Hall–Kier alpha value is -0.580. The Morgan fingerprint density at radius 1 is 1.39 bits per heavy atom. The topological polar surface area (TPSA) is 41.1 Å². The van der Waals surface area contributed by atoms with E-state index in [0.29, 0.717) is 17.1 Å². The van der Waals surface area contributed by atoms with Crippen molar-refractivity contribution >= 4 is 33.4 Å². The van der Waals surface area contributed by atoms with Gasteiger partial charge in [-0.2, -0.15) is 0 Å². The Morgan fingerprint density at radius 3 is 2.83 bits per heavy atom. The fraction of sp³-hybridized carbons (Fsp3) is 0.462. The predicted octanol–water partition coefficient (Wildman–Crippen LogP) is 2.97. The van der Waals surface area contributed by atoms with Gasteiger partial charge in [-0.05, 0) is 44.0 Å². The predicted molar refractivity (Wildman–Crippen MR) is 77.1 cm³/mol. The molecule has 1 saturated carbocycles. The molecule has 18 heavy (non-hydrogen) atoms. The molecule has 0 bridgehead atoms. The highest BCUT2D eigenvalue weighted by Crippen LogP contribution is 2.21. The Balaban J connectivity index is 1.72. The van der Waals surface area contributed by atoms with Crippen LogP contribution in [0.15, 0.2) is 22.7 Å². The van der Waals surface area contributed by atoms with Crippen molar-refractivity contribution in [3.05, 3.63) is 33.3 Å². The lowest BCUT2D eigenvalue weighted by atomic mass is 10.2. The minimum atomic E-state index is -0.112. The van der Waals surface area contributed by atoms with E-state index in [9.17, 15) is 4.79 Å². The zero-order valence-electron chi connectivity index (χ0n) is 10.0. The Kier molecular flexibility index (Phi) is 5.03. The molecule has 0 saturated heterocycles. The van der Waals surface area contributed by atoms with Gasteiger partial charge in [0.2, 0.25) is 0 Å². The Morgan fingerprint density at radius 2 is 2.17 bits per heavy atom. The summed E-state index contributed by atoms with van der Waals surface area (Å²) < 4.78 is 0.873. The lowest BCUT2D eigenvalue weighted by Gasteiger charge is -2.07. The lowest BCUT2D eigenvalue weighted by Crippen LogP contribution is -2.28. The normalized spacial score (nSPS) is 14.6. The number of rotatable bonds is 6. The molecule has 1 aliphatic rings. The molecule has 1 aromatic rings. The molecular weight excluding hydrogens is 316 g/mol. The van der Waals surface area contributed by atoms with Crippen LogP contribution in [0.3, 0.4) is 0 Å². The van der Waals surface area contributed by atoms with Crippen LogP contribution in [0.5, 0.6) is 0 Å². The van der Waals surface area contributed by atoms with Gasteiger partial charge in [-0.3, -0.25) is 4.79 Å². The SMILES string of the molecule is O=C(NCCCNC1CC1)c1ccc(Br)cc1Cl. The highest BCUT2D eigenvalue weighted by molar-refractivity contribution is 9.10. The van der Waals surface area contributed by atoms with Crippen molar-refractivity contribution in [2.75, 3.05) is 13.1 Å². The van der Waals surface area contributed by atoms with Crippen molar-refractivity contribution in [1.82, 2.24) is 10.6 Å². The Bertz CT molecular complexity index is 435. The van der Waals surface area contributed by atoms with Crippen LogP contribution in [0.1, 0.15) is 29.6 Å². The van der Waals surface area contributed by atoms with Gasteiger partial charge < -0.3 is 10.6 Å². The molecule has 98 valence electrons. The Labute approximate surface area is 120 Å². The number of hydrogen-bond acceptors (Lipinski definition) is 2. The summed E-state index contributed by atoms with van der Waals surface area (Å²) in [6.45, 7) is 1.63. The highest BCUT2D eigenvalue weighted by Gasteiger charge is 2.19. The van der Waals surface area contributed by atoms with E-state index in [4.69, 9.17) is 11.6 Å². The van der Waals surface area contributed by atoms with E-state index in [1.807, 2.05) is 6.07 Å². The van der Waals surface area contributed by atoms with Crippen LogP contribution >= 0.6 is 27.5 Å². The van der Waals surface area contributed by atoms with Crippen molar-refractivity contribution in [3.8, 4) is 0 Å². The fourth-order valence-electron chi connectivity index (χ4n) is 1.65. The van der Waals surface area contributed by atoms with Crippen molar-refractivity contribution in [2.45, 2.75) is 25.3 Å². The van der Waals surface area contributed by atoms with Crippen LogP contribution in [-0.2, 0) is 0 Å². The zero-order valence-corrected chi connectivity index (χ0v) is 12.4. The van der Waals surface area contributed by atoms with Crippen LogP contribution < -0.4 is 10.6 Å². The van der Waals surface area contributed by atoms with Gasteiger partial charge in [0.1, 0.15) is 0 Å². The fourth-order valence-corrected chi connectivity index (χ4v) is 2.41. The minimum absolute atomic E-state index is 0.112. The van der Waals surface area contributed by atoms with Gasteiger partial charge in [0.15, 0.2) is 0 Å². The van der Waals surface area contributed by atoms with E-state index in [0.717, 1.165) is 23.5 Å². The molecule has 0 unspecified atom stereocenters. The van der Waals surface area contributed by atoms with Gasteiger partial charge in [-0.15, -0.1) is 0 Å². The first-order valence-corrected chi connectivity index (χ1v) is 7.30. The zero-order chi connectivity index (χ0) is 13.0. The van der Waals surface area contributed by atoms with E-state index in [-0.39, 0.29) is 5.91 Å². The van der Waals surface area contributed by atoms with Crippen LogP contribution in [0.2, 0.25) is 5.02 Å². The van der Waals surface area contributed by atoms with Gasteiger partial charge in [-0.1, -0.05) is 27.5 Å². The van der Waals surface area contributed by atoms with Crippen molar-refractivity contribution in [1.29, 1.82) is 0 Å². The number of halogens is 2. The average Bonchev–Trinajstić information content (AvgIpc) is 3.12. The van der Waals surface area contributed by atoms with E-state index < -0.39 is 0 Å². The molecule has 2 N–H and O–H groups in total. The van der Waals surface area contributed by atoms with Crippen molar-refractivity contribution < 1.29 is 4.79 Å². The molecule has 1 aliphatic carbocycles. The third-order valence-corrected chi connectivity index (χ3v) is 3.63. The molecule has 0 radical (unpaired) electrons. The minimum Gasteiger partial charge on any atom is -0.352 e. The first-order valence-electron chi connectivity index (χ1n) is 6.13. The highest BCUT2D eigenvalue weighted by atomic mass is 79.9. The van der Waals surface area contributed by atoms with E-state index in [1.54, 1.807) is 12.1 Å². The summed E-state index contributed by atoms with van der Waals surface area (Å²) in [7, 11) is 0. The third-order valence-electron chi connectivity index (χ3n) is 2.83. The number of benzene rings is 1. The first kappa shape index (κ1) is 13.8. The maximum absolute atomic E-state index is 11.9. The van der Waals surface area contributed by atoms with Gasteiger partial charge in [0, 0.05) is 17.1 Å². The summed E-state index contributed by atoms with van der Waals surface area (Å²) in [5, 5.41) is 6.75. The largest absolute Gasteiger partial charge is 0.352 e. The van der Waals surface area contributed by atoms with Crippen LogP contribution in [0, 0.1) is 0 Å². The summed E-state index contributed by atoms with van der Waals surface area (Å²) in [6.07, 6.45) is 3.53. The second-order valence-corrected chi connectivity index (χ2v) is 5.78. The lowest BCUT2D eigenvalue weighted by molar-refractivity contribution is 0.0953. The quantitative estimate of drug-likeness (QED) is 0.787. The molecular formula is C13H16BrClN2O. The monoisotopic (exact) mass is 330 g/mol. The molecule has 0 heterocycles. The molecule has 1 fully saturated rings. The molecule has 0 aromatic heterocycles. The van der Waals surface area contributed by atoms with Crippen molar-refractivity contribution in [2.24, 2.45) is 0 Å². The summed E-state index contributed by atoms with van der Waals surface area (Å²) in [4.78, 5) is 11.9. The number of nitrogens with one attached hydrogen (secondary N) is 2. The van der Waals surface area contributed by atoms with Crippen LogP contribution in [0.25, 0.3) is 0 Å². The summed E-state index contributed by atoms with van der Waals surface area (Å²) in [5.74, 6) is -0.112. The number of carbonyl (C=O) groups excluding carboxylic acids is 1. The maximum atomic E-state index is 11.9. The third kappa shape index (κ3) is 4.26. The first-order chi connectivity index (χ1) is 8.66. The number of amides is 1. The molecule has 5 heteroatoms. The van der Waals surface area contributed by atoms with E-state index in [2.05, 4.69) is 26.6 Å². The number of carbonyl (C=O) groups is 1. The second kappa shape index (κ2) is 6.55. The maximum Gasteiger partial charge on any atom is 0.252 e. The molecule has 0 aliphatic heterocycles. The van der Waals surface area contributed by atoms with E-state index in [1.165, 1.54) is 12.8 Å². The van der Waals surface area contributed by atoms with Crippen LogP contribution in [-0.4, -0.2) is 25.0 Å². The summed E-state index contributed by atoms with van der Waals surface area (Å²) >= 11 is 9.32. The molecule has 0 spiro atoms. The molecule has 1 amide bonds. The molecule has 3 nitrogen and oxygen atoms in total. The van der Waals surface area contributed by atoms with Gasteiger partial charge in [-0.25, -0.2) is 0 Å². The second-order valence-electron chi connectivity index (χ2n) is 4.46. The smallest absolute Gasteiger partial charge is 0.252 e.